The number of aryl methyl sites for hydroxylation is 1. The van der Waals surface area contributed by atoms with Crippen molar-refractivity contribution in [3.63, 3.8) is 0 Å². The number of benzene rings is 3. The Morgan fingerprint density at radius 1 is 1.02 bits per heavy atom. The second kappa shape index (κ2) is 15.9. The summed E-state index contributed by atoms with van der Waals surface area (Å²) in [5, 5.41) is 12.6. The predicted molar refractivity (Wildman–Crippen MR) is 208 cm³/mol. The molecule has 1 amide bonds. The van der Waals surface area contributed by atoms with Gasteiger partial charge in [-0.15, -0.1) is 0 Å². The van der Waals surface area contributed by atoms with Gasteiger partial charge in [-0.05, 0) is 69.4 Å². The van der Waals surface area contributed by atoms with Gasteiger partial charge in [-0.2, -0.15) is 23.6 Å². The van der Waals surface area contributed by atoms with Crippen molar-refractivity contribution in [1.29, 1.82) is 5.26 Å². The van der Waals surface area contributed by atoms with Crippen molar-refractivity contribution in [3.05, 3.63) is 94.7 Å². The van der Waals surface area contributed by atoms with Gasteiger partial charge in [0.15, 0.2) is 0 Å². The molecule has 2 fully saturated rings. The first-order valence-electron chi connectivity index (χ1n) is 18.2. The van der Waals surface area contributed by atoms with Crippen LogP contribution in [0.3, 0.4) is 0 Å². The average molecular weight is 770 g/mol. The molecule has 3 aliphatic heterocycles. The Balaban J connectivity index is 1.12. The van der Waals surface area contributed by atoms with Crippen LogP contribution < -0.4 is 14.5 Å². The van der Waals surface area contributed by atoms with E-state index in [9.17, 15) is 18.5 Å². The van der Waals surface area contributed by atoms with Gasteiger partial charge < -0.3 is 24.3 Å². The molecule has 54 heavy (non-hydrogen) atoms. The number of carbonyl (C=O) groups excluding carboxylic acids is 1. The van der Waals surface area contributed by atoms with E-state index in [0.717, 1.165) is 58.5 Å². The molecular formula is C40H44ClN7O5S. The number of rotatable bonds is 11. The summed E-state index contributed by atoms with van der Waals surface area (Å²) < 4.78 is 37.2. The molecular weight excluding hydrogens is 726 g/mol. The summed E-state index contributed by atoms with van der Waals surface area (Å²) in [6, 6.07) is 20.7. The Morgan fingerprint density at radius 2 is 1.80 bits per heavy atom. The smallest absolute Gasteiger partial charge is 0.318 e. The average Bonchev–Trinajstić information content (AvgIpc) is 3.59. The lowest BCUT2D eigenvalue weighted by Crippen LogP contribution is -2.56. The number of likely N-dealkylation sites (tertiary alicyclic amines) is 1. The molecule has 282 valence electrons. The van der Waals surface area contributed by atoms with Crippen LogP contribution in [0.5, 0.6) is 6.01 Å². The van der Waals surface area contributed by atoms with Crippen LogP contribution in [-0.4, -0.2) is 99.2 Å². The fourth-order valence-electron chi connectivity index (χ4n) is 7.60. The lowest BCUT2D eigenvalue weighted by molar-refractivity contribution is -0.130. The fraction of sp³-hybridized carbons (Fsp3) is 0.400. The normalized spacial score (nSPS) is 19.1. The van der Waals surface area contributed by atoms with Crippen molar-refractivity contribution in [2.75, 3.05) is 62.8 Å². The number of likely N-dealkylation sites (N-methyl/N-ethyl adjacent to an activating group) is 1. The van der Waals surface area contributed by atoms with E-state index in [4.69, 9.17) is 30.5 Å². The zero-order valence-corrected chi connectivity index (χ0v) is 32.2. The van der Waals surface area contributed by atoms with E-state index in [2.05, 4.69) is 52.6 Å². The molecule has 0 saturated carbocycles. The number of piperazine rings is 1. The molecule has 2 atom stereocenters. The quantitative estimate of drug-likeness (QED) is 0.141. The van der Waals surface area contributed by atoms with Crippen molar-refractivity contribution in [1.82, 2.24) is 19.8 Å². The van der Waals surface area contributed by atoms with Gasteiger partial charge in [-0.25, -0.2) is 0 Å². The van der Waals surface area contributed by atoms with Crippen molar-refractivity contribution in [2.24, 2.45) is 0 Å². The van der Waals surface area contributed by atoms with Crippen molar-refractivity contribution in [2.45, 2.75) is 56.1 Å². The first kappa shape index (κ1) is 37.6. The second-order valence-corrected chi connectivity index (χ2v) is 16.2. The van der Waals surface area contributed by atoms with E-state index in [-0.39, 0.29) is 29.5 Å². The maximum atomic E-state index is 13.7. The molecule has 0 bridgehead atoms. The summed E-state index contributed by atoms with van der Waals surface area (Å²) in [5.74, 6) is 0.291. The van der Waals surface area contributed by atoms with Crippen LogP contribution in [0.2, 0.25) is 5.02 Å². The number of anilines is 2. The molecule has 0 radical (unpaired) electrons. The highest BCUT2D eigenvalue weighted by molar-refractivity contribution is 7.86. The third kappa shape index (κ3) is 7.88. The minimum Gasteiger partial charge on any atom is -0.462 e. The van der Waals surface area contributed by atoms with E-state index in [1.54, 1.807) is 17.0 Å². The van der Waals surface area contributed by atoms with Crippen LogP contribution in [0, 0.1) is 18.3 Å². The Bertz CT molecular complexity index is 2210. The van der Waals surface area contributed by atoms with E-state index in [1.807, 2.05) is 25.1 Å². The van der Waals surface area contributed by atoms with Gasteiger partial charge in [0.2, 0.25) is 0 Å². The third-order valence-corrected chi connectivity index (χ3v) is 12.2. The van der Waals surface area contributed by atoms with E-state index < -0.39 is 28.7 Å². The third-order valence-electron chi connectivity index (χ3n) is 10.6. The molecule has 0 unspecified atom stereocenters. The van der Waals surface area contributed by atoms with Gasteiger partial charge in [0.1, 0.15) is 12.4 Å². The lowest BCUT2D eigenvalue weighted by Gasteiger charge is -2.42. The lowest BCUT2D eigenvalue weighted by atomic mass is 10.0. The molecule has 3 aliphatic rings. The SMILES string of the molecule is C=C(COS(=O)(=O)c1ccc(C)cc1)C(=O)N1CCN(c2nc(OC[C@@H]3CCCN3C)nc3c2CCN(c2cccc4cccc(Cl)c24)C3)C[C@@H]1CC#N. The summed E-state index contributed by atoms with van der Waals surface area (Å²) in [6.45, 7) is 9.01. The highest BCUT2D eigenvalue weighted by Gasteiger charge is 2.35. The highest BCUT2D eigenvalue weighted by atomic mass is 35.5. The van der Waals surface area contributed by atoms with Crippen LogP contribution in [0.25, 0.3) is 10.8 Å². The topological polar surface area (TPSA) is 132 Å². The Kier molecular flexibility index (Phi) is 11.1. The molecule has 0 aliphatic carbocycles. The van der Waals surface area contributed by atoms with Crippen LogP contribution in [0.4, 0.5) is 11.5 Å². The number of fused-ring (bicyclic) bond motifs is 2. The fourth-order valence-corrected chi connectivity index (χ4v) is 8.78. The summed E-state index contributed by atoms with van der Waals surface area (Å²) in [4.78, 5) is 32.0. The number of amides is 1. The maximum absolute atomic E-state index is 13.7. The monoisotopic (exact) mass is 769 g/mol. The number of halogens is 1. The predicted octanol–water partition coefficient (Wildman–Crippen LogP) is 5.52. The molecule has 2 saturated heterocycles. The summed E-state index contributed by atoms with van der Waals surface area (Å²) in [7, 11) is -1.99. The first-order chi connectivity index (χ1) is 26.0. The van der Waals surface area contributed by atoms with Crippen molar-refractivity contribution >= 4 is 49.9 Å². The van der Waals surface area contributed by atoms with Gasteiger partial charge in [0.05, 0.1) is 47.3 Å². The molecule has 0 N–H and O–H groups in total. The van der Waals surface area contributed by atoms with Gasteiger partial charge >= 0.3 is 6.01 Å². The molecule has 1 aromatic heterocycles. The zero-order chi connectivity index (χ0) is 38.0. The standard InChI is InChI=1S/C40H44ClN7O5S/c1-27-12-14-32(15-13-27)54(50,51)53-25-28(2)39(49)48-22-21-47(23-30(48)16-18-42)38-33-17-20-46(36-11-5-8-29-7-4-10-34(41)37(29)36)24-35(33)43-40(44-38)52-26-31-9-6-19-45(31)3/h4-5,7-8,10-15,30-31H,2,6,9,16-17,19-26H2,1,3H3/t30-,31-/m0/s1. The highest BCUT2D eigenvalue weighted by Crippen LogP contribution is 2.37. The number of hydrogen-bond donors (Lipinski definition) is 0. The molecule has 0 spiro atoms. The summed E-state index contributed by atoms with van der Waals surface area (Å²) in [6.07, 6.45) is 2.90. The number of nitriles is 1. The van der Waals surface area contributed by atoms with Gasteiger partial charge in [0.25, 0.3) is 16.0 Å². The van der Waals surface area contributed by atoms with Crippen molar-refractivity contribution in [3.8, 4) is 12.1 Å². The molecule has 3 aromatic carbocycles. The van der Waals surface area contributed by atoms with Gasteiger partial charge in [-0.3, -0.25) is 8.98 Å². The van der Waals surface area contributed by atoms with Crippen LogP contribution >= 0.6 is 11.6 Å². The number of carbonyl (C=O) groups is 1. The Morgan fingerprint density at radius 3 is 2.54 bits per heavy atom. The van der Waals surface area contributed by atoms with Gasteiger partial charge in [0, 0.05) is 54.4 Å². The molecule has 7 rings (SSSR count). The largest absolute Gasteiger partial charge is 0.462 e. The van der Waals surface area contributed by atoms with Gasteiger partial charge in [-0.1, -0.05) is 60.1 Å². The van der Waals surface area contributed by atoms with Crippen LogP contribution in [-0.2, 0) is 32.1 Å². The first-order valence-corrected chi connectivity index (χ1v) is 20.0. The zero-order valence-electron chi connectivity index (χ0n) is 30.6. The van der Waals surface area contributed by atoms with E-state index in [1.165, 1.54) is 12.1 Å². The Labute approximate surface area is 321 Å². The van der Waals surface area contributed by atoms with E-state index in [0.29, 0.717) is 50.2 Å². The van der Waals surface area contributed by atoms with E-state index >= 15 is 0 Å². The molecule has 14 heteroatoms. The number of nitrogens with zero attached hydrogens (tertiary/aromatic N) is 7. The minimum atomic E-state index is -4.10. The summed E-state index contributed by atoms with van der Waals surface area (Å²) >= 11 is 6.74. The van der Waals surface area contributed by atoms with Crippen molar-refractivity contribution < 1.29 is 22.1 Å². The number of hydrogen-bond acceptors (Lipinski definition) is 11. The number of aromatic nitrogens is 2. The molecule has 12 nitrogen and oxygen atoms in total. The Hall–Kier alpha value is -4.74. The molecule has 4 aromatic rings. The maximum Gasteiger partial charge on any atom is 0.318 e. The molecule has 4 heterocycles. The second-order valence-electron chi connectivity index (χ2n) is 14.2. The van der Waals surface area contributed by atoms with Crippen LogP contribution in [0.15, 0.2) is 77.7 Å². The minimum absolute atomic E-state index is 0.000142. The number of ether oxygens (including phenoxy) is 1. The van der Waals surface area contributed by atoms with Crippen LogP contribution in [0.1, 0.15) is 36.1 Å². The summed E-state index contributed by atoms with van der Waals surface area (Å²) in [5.41, 5.74) is 3.81.